The number of aliphatic hydroxyl groups is 1. The molecule has 1 aromatic heterocycles. The average molecular weight is 304 g/mol. The van der Waals surface area contributed by atoms with Gasteiger partial charge in [-0.15, -0.1) is 0 Å². The van der Waals surface area contributed by atoms with E-state index in [0.717, 1.165) is 24.8 Å². The zero-order valence-corrected chi connectivity index (χ0v) is 12.4. The summed E-state index contributed by atoms with van der Waals surface area (Å²) < 4.78 is 0. The summed E-state index contributed by atoms with van der Waals surface area (Å²) in [5.74, 6) is 1.60. The van der Waals surface area contributed by atoms with Gasteiger partial charge in [0.05, 0.1) is 6.10 Å². The Morgan fingerprint density at radius 1 is 1.19 bits per heavy atom. The van der Waals surface area contributed by atoms with Gasteiger partial charge >= 0.3 is 0 Å². The zero-order valence-electron chi connectivity index (χ0n) is 11.7. The Morgan fingerprint density at radius 3 is 2.71 bits per heavy atom. The van der Waals surface area contributed by atoms with Crippen molar-refractivity contribution >= 4 is 17.4 Å². The van der Waals surface area contributed by atoms with E-state index in [9.17, 15) is 5.11 Å². The highest BCUT2D eigenvalue weighted by Crippen LogP contribution is 2.26. The fourth-order valence-electron chi connectivity index (χ4n) is 2.72. The molecule has 4 nitrogen and oxygen atoms in total. The van der Waals surface area contributed by atoms with Gasteiger partial charge < -0.3 is 10.4 Å². The van der Waals surface area contributed by atoms with Crippen LogP contribution < -0.4 is 5.32 Å². The quantitative estimate of drug-likeness (QED) is 0.850. The van der Waals surface area contributed by atoms with Crippen molar-refractivity contribution < 1.29 is 5.11 Å². The molecule has 1 saturated carbocycles. The Hall–Kier alpha value is -1.65. The van der Waals surface area contributed by atoms with Crippen molar-refractivity contribution in [1.82, 2.24) is 9.97 Å². The van der Waals surface area contributed by atoms with Gasteiger partial charge in [-0.1, -0.05) is 48.4 Å². The Labute approximate surface area is 129 Å². The number of halogens is 1. The van der Waals surface area contributed by atoms with Crippen LogP contribution >= 0.6 is 11.6 Å². The summed E-state index contributed by atoms with van der Waals surface area (Å²) in [6.07, 6.45) is 2.83. The van der Waals surface area contributed by atoms with E-state index in [1.54, 1.807) is 6.07 Å². The van der Waals surface area contributed by atoms with Gasteiger partial charge in [-0.25, -0.2) is 9.97 Å². The van der Waals surface area contributed by atoms with Crippen LogP contribution in [0.15, 0.2) is 36.4 Å². The van der Waals surface area contributed by atoms with Gasteiger partial charge in [-0.05, 0) is 12.8 Å². The fourth-order valence-corrected chi connectivity index (χ4v) is 2.90. The number of nitrogens with zero attached hydrogens (tertiary/aromatic N) is 2. The minimum atomic E-state index is -0.205. The highest BCUT2D eigenvalue weighted by atomic mass is 35.5. The largest absolute Gasteiger partial charge is 0.393 e. The predicted octanol–water partition coefficient (Wildman–Crippen LogP) is 3.37. The molecule has 1 fully saturated rings. The Balaban J connectivity index is 1.75. The van der Waals surface area contributed by atoms with Crippen molar-refractivity contribution in [3.8, 4) is 11.4 Å². The molecule has 0 radical (unpaired) electrons. The first-order valence-corrected chi connectivity index (χ1v) is 7.62. The monoisotopic (exact) mass is 303 g/mol. The molecule has 1 heterocycles. The molecule has 0 amide bonds. The van der Waals surface area contributed by atoms with Crippen LogP contribution in [0.4, 0.5) is 5.82 Å². The summed E-state index contributed by atoms with van der Waals surface area (Å²) in [6, 6.07) is 11.5. The van der Waals surface area contributed by atoms with Gasteiger partial charge in [0, 0.05) is 24.1 Å². The molecule has 110 valence electrons. The summed E-state index contributed by atoms with van der Waals surface area (Å²) in [7, 11) is 0. The van der Waals surface area contributed by atoms with Gasteiger partial charge in [-0.2, -0.15) is 0 Å². The van der Waals surface area contributed by atoms with Crippen LogP contribution in [0.2, 0.25) is 5.15 Å². The Bertz CT molecular complexity index is 606. The van der Waals surface area contributed by atoms with Gasteiger partial charge in [0.15, 0.2) is 5.82 Å². The molecule has 1 aliphatic carbocycles. The molecule has 3 rings (SSSR count). The second-order valence-electron chi connectivity index (χ2n) is 5.40. The van der Waals surface area contributed by atoms with Crippen LogP contribution in [-0.4, -0.2) is 27.7 Å². The van der Waals surface area contributed by atoms with Crippen LogP contribution in [0, 0.1) is 5.92 Å². The highest BCUT2D eigenvalue weighted by molar-refractivity contribution is 6.29. The SMILES string of the molecule is OC1CCCC1CNc1cc(Cl)nc(-c2ccccc2)n1. The van der Waals surface area contributed by atoms with E-state index in [1.807, 2.05) is 30.3 Å². The van der Waals surface area contributed by atoms with Gasteiger partial charge in [0.2, 0.25) is 0 Å². The van der Waals surface area contributed by atoms with E-state index < -0.39 is 0 Å². The lowest BCUT2D eigenvalue weighted by molar-refractivity contribution is 0.138. The molecule has 0 spiro atoms. The molecule has 0 saturated heterocycles. The molecule has 2 unspecified atom stereocenters. The van der Waals surface area contributed by atoms with Crippen molar-refractivity contribution in [2.75, 3.05) is 11.9 Å². The van der Waals surface area contributed by atoms with E-state index >= 15 is 0 Å². The van der Waals surface area contributed by atoms with Crippen molar-refractivity contribution in [3.05, 3.63) is 41.6 Å². The molecule has 1 aromatic carbocycles. The Kier molecular flexibility index (Phi) is 4.36. The third kappa shape index (κ3) is 3.52. The van der Waals surface area contributed by atoms with Crippen LogP contribution in [0.3, 0.4) is 0 Å². The topological polar surface area (TPSA) is 58.0 Å². The average Bonchev–Trinajstić information content (AvgIpc) is 2.91. The molecule has 2 atom stereocenters. The van der Waals surface area contributed by atoms with Crippen LogP contribution in [0.1, 0.15) is 19.3 Å². The van der Waals surface area contributed by atoms with Gasteiger partial charge in [-0.3, -0.25) is 0 Å². The molecule has 1 aliphatic rings. The first-order valence-electron chi connectivity index (χ1n) is 7.24. The van der Waals surface area contributed by atoms with Crippen LogP contribution in [0.5, 0.6) is 0 Å². The minimum absolute atomic E-state index is 0.205. The summed E-state index contributed by atoms with van der Waals surface area (Å²) in [5, 5.41) is 13.5. The molecule has 0 bridgehead atoms. The Morgan fingerprint density at radius 2 is 2.00 bits per heavy atom. The van der Waals surface area contributed by atoms with Crippen molar-refractivity contribution in [2.45, 2.75) is 25.4 Å². The molecule has 5 heteroatoms. The van der Waals surface area contributed by atoms with E-state index in [4.69, 9.17) is 11.6 Å². The highest BCUT2D eigenvalue weighted by Gasteiger charge is 2.24. The van der Waals surface area contributed by atoms with E-state index in [-0.39, 0.29) is 6.10 Å². The van der Waals surface area contributed by atoms with E-state index in [2.05, 4.69) is 15.3 Å². The van der Waals surface area contributed by atoms with E-state index in [1.165, 1.54) is 0 Å². The minimum Gasteiger partial charge on any atom is -0.393 e. The lowest BCUT2D eigenvalue weighted by atomic mass is 10.1. The first-order chi connectivity index (χ1) is 10.2. The molecular weight excluding hydrogens is 286 g/mol. The van der Waals surface area contributed by atoms with Crippen LogP contribution in [0.25, 0.3) is 11.4 Å². The zero-order chi connectivity index (χ0) is 14.7. The fraction of sp³-hybridized carbons (Fsp3) is 0.375. The molecular formula is C16H18ClN3O. The number of aliphatic hydroxyl groups excluding tert-OH is 1. The summed E-state index contributed by atoms with van der Waals surface area (Å²) in [4.78, 5) is 8.77. The van der Waals surface area contributed by atoms with Crippen molar-refractivity contribution in [2.24, 2.45) is 5.92 Å². The molecule has 21 heavy (non-hydrogen) atoms. The lowest BCUT2D eigenvalue weighted by Gasteiger charge is -2.15. The van der Waals surface area contributed by atoms with Crippen molar-refractivity contribution in [3.63, 3.8) is 0 Å². The number of aromatic nitrogens is 2. The third-order valence-corrected chi connectivity index (χ3v) is 4.08. The number of benzene rings is 1. The second-order valence-corrected chi connectivity index (χ2v) is 5.79. The van der Waals surface area contributed by atoms with Gasteiger partial charge in [0.1, 0.15) is 11.0 Å². The number of hydrogen-bond acceptors (Lipinski definition) is 4. The van der Waals surface area contributed by atoms with Gasteiger partial charge in [0.25, 0.3) is 0 Å². The second kappa shape index (κ2) is 6.41. The summed E-state index contributed by atoms with van der Waals surface area (Å²) >= 11 is 6.08. The number of nitrogens with one attached hydrogen (secondary N) is 1. The maximum Gasteiger partial charge on any atom is 0.163 e. The van der Waals surface area contributed by atoms with E-state index in [0.29, 0.717) is 29.3 Å². The maximum absolute atomic E-state index is 9.86. The standard InChI is InChI=1S/C16H18ClN3O/c17-14-9-15(18-10-12-7-4-8-13(12)21)20-16(19-14)11-5-2-1-3-6-11/h1-3,5-6,9,12-13,21H,4,7-8,10H2,(H,18,19,20). The molecule has 0 aliphatic heterocycles. The molecule has 2 N–H and O–H groups in total. The number of rotatable bonds is 4. The smallest absolute Gasteiger partial charge is 0.163 e. The lowest BCUT2D eigenvalue weighted by Crippen LogP contribution is -2.22. The van der Waals surface area contributed by atoms with Crippen molar-refractivity contribution in [1.29, 1.82) is 0 Å². The van der Waals surface area contributed by atoms with Crippen LogP contribution in [-0.2, 0) is 0 Å². The maximum atomic E-state index is 9.86. The third-order valence-electron chi connectivity index (χ3n) is 3.89. The number of hydrogen-bond donors (Lipinski definition) is 2. The predicted molar refractivity (Wildman–Crippen MR) is 84.3 cm³/mol. The molecule has 2 aromatic rings. The first kappa shape index (κ1) is 14.3. The number of anilines is 1. The summed E-state index contributed by atoms with van der Waals surface area (Å²) in [5.41, 5.74) is 0.934. The normalized spacial score (nSPS) is 21.4. The summed E-state index contributed by atoms with van der Waals surface area (Å²) in [6.45, 7) is 0.711.